The Morgan fingerprint density at radius 3 is 1.94 bits per heavy atom. The molecule has 0 aromatic heterocycles. The maximum atomic E-state index is 5.77. The lowest BCUT2D eigenvalue weighted by Gasteiger charge is -2.23. The maximum Gasteiger partial charge on any atom is 0.0234 e. The third kappa shape index (κ3) is 10.7. The van der Waals surface area contributed by atoms with Gasteiger partial charge in [0.1, 0.15) is 0 Å². The van der Waals surface area contributed by atoms with Crippen LogP contribution in [-0.2, 0) is 13.1 Å². The van der Waals surface area contributed by atoms with Crippen molar-refractivity contribution in [3.05, 3.63) is 59.7 Å². The quantitative estimate of drug-likeness (QED) is 0.228. The zero-order valence-corrected chi connectivity index (χ0v) is 19.7. The Labute approximate surface area is 194 Å². The summed E-state index contributed by atoms with van der Waals surface area (Å²) in [6, 6.07) is 17.6. The highest BCUT2D eigenvalue weighted by atomic mass is 15.1. The highest BCUT2D eigenvalue weighted by molar-refractivity contribution is 5.65. The van der Waals surface area contributed by atoms with Gasteiger partial charge < -0.3 is 27.8 Å². The van der Waals surface area contributed by atoms with Gasteiger partial charge in [0.15, 0.2) is 0 Å². The Bertz CT molecular complexity index is 714. The zero-order chi connectivity index (χ0) is 22.9. The molecule has 0 aliphatic rings. The number of nitrogens with one attached hydrogen (secondary N) is 2. The predicted octanol–water partition coefficient (Wildman–Crippen LogP) is 2.27. The first-order valence-corrected chi connectivity index (χ1v) is 12.2. The molecule has 2 aromatic carbocycles. The molecule has 6 heteroatoms. The first-order chi connectivity index (χ1) is 15.8. The van der Waals surface area contributed by atoms with Gasteiger partial charge in [0.2, 0.25) is 0 Å². The second-order valence-electron chi connectivity index (χ2n) is 8.39. The van der Waals surface area contributed by atoms with E-state index in [2.05, 4.69) is 64.1 Å². The van der Waals surface area contributed by atoms with Crippen LogP contribution in [0.1, 0.15) is 36.8 Å². The molecule has 178 valence electrons. The Kier molecular flexibility index (Phi) is 13.9. The van der Waals surface area contributed by atoms with E-state index in [4.69, 9.17) is 17.2 Å². The highest BCUT2D eigenvalue weighted by Crippen LogP contribution is 2.23. The standard InChI is InChI=1S/C26H44N6/c27-10-4-13-30-14-7-15-31-21-23-18-24(22-32(16-5-11-28)17-6-12-29)20-26(19-23)25-8-2-1-3-9-25/h1-3,8-9,18-20,30-31H,4-7,10-17,21-22,27-29H2. The molecule has 0 saturated carbocycles. The fourth-order valence-corrected chi connectivity index (χ4v) is 3.83. The molecule has 0 unspecified atom stereocenters. The van der Waals surface area contributed by atoms with Crippen LogP contribution in [0.2, 0.25) is 0 Å². The van der Waals surface area contributed by atoms with Crippen molar-refractivity contribution in [1.29, 1.82) is 0 Å². The van der Waals surface area contributed by atoms with Gasteiger partial charge in [0, 0.05) is 13.1 Å². The minimum absolute atomic E-state index is 0.722. The van der Waals surface area contributed by atoms with Crippen molar-refractivity contribution in [1.82, 2.24) is 15.5 Å². The van der Waals surface area contributed by atoms with Crippen LogP contribution in [0.15, 0.2) is 48.5 Å². The van der Waals surface area contributed by atoms with Gasteiger partial charge in [-0.1, -0.05) is 36.4 Å². The van der Waals surface area contributed by atoms with Crippen molar-refractivity contribution < 1.29 is 0 Å². The van der Waals surface area contributed by atoms with E-state index >= 15 is 0 Å². The van der Waals surface area contributed by atoms with Crippen LogP contribution in [0.3, 0.4) is 0 Å². The molecule has 2 rings (SSSR count). The van der Waals surface area contributed by atoms with Crippen LogP contribution in [0.5, 0.6) is 0 Å². The first-order valence-electron chi connectivity index (χ1n) is 12.2. The molecule has 0 spiro atoms. The topological polar surface area (TPSA) is 105 Å². The lowest BCUT2D eigenvalue weighted by molar-refractivity contribution is 0.262. The van der Waals surface area contributed by atoms with Crippen LogP contribution in [0, 0.1) is 0 Å². The van der Waals surface area contributed by atoms with Gasteiger partial charge >= 0.3 is 0 Å². The fourth-order valence-electron chi connectivity index (χ4n) is 3.83. The molecule has 0 radical (unpaired) electrons. The molecule has 0 aliphatic carbocycles. The number of hydrogen-bond acceptors (Lipinski definition) is 6. The molecule has 0 fully saturated rings. The zero-order valence-electron chi connectivity index (χ0n) is 19.7. The monoisotopic (exact) mass is 440 g/mol. The molecular weight excluding hydrogens is 396 g/mol. The SMILES string of the molecule is NCCCNCCCNCc1cc(CN(CCCN)CCCN)cc(-c2ccccc2)c1. The van der Waals surface area contributed by atoms with Crippen molar-refractivity contribution in [2.24, 2.45) is 17.2 Å². The molecule has 0 amide bonds. The van der Waals surface area contributed by atoms with Crippen molar-refractivity contribution in [3.8, 4) is 11.1 Å². The number of nitrogens with two attached hydrogens (primary N) is 3. The summed E-state index contributed by atoms with van der Waals surface area (Å²) in [6.07, 6.45) is 4.17. The van der Waals surface area contributed by atoms with Crippen LogP contribution < -0.4 is 27.8 Å². The summed E-state index contributed by atoms with van der Waals surface area (Å²) in [5.74, 6) is 0. The van der Waals surface area contributed by atoms with Crippen molar-refractivity contribution >= 4 is 0 Å². The molecule has 0 saturated heterocycles. The van der Waals surface area contributed by atoms with Gasteiger partial charge in [-0.15, -0.1) is 0 Å². The first kappa shape index (κ1) is 26.5. The molecule has 8 N–H and O–H groups in total. The van der Waals surface area contributed by atoms with E-state index in [1.54, 1.807) is 0 Å². The number of benzene rings is 2. The van der Waals surface area contributed by atoms with Gasteiger partial charge in [0.05, 0.1) is 0 Å². The third-order valence-electron chi connectivity index (χ3n) is 5.52. The van der Waals surface area contributed by atoms with E-state index < -0.39 is 0 Å². The maximum absolute atomic E-state index is 5.77. The van der Waals surface area contributed by atoms with Crippen molar-refractivity contribution in [2.75, 3.05) is 52.4 Å². The molecule has 0 atom stereocenters. The Morgan fingerprint density at radius 2 is 1.25 bits per heavy atom. The fraction of sp³-hybridized carbons (Fsp3) is 0.538. The van der Waals surface area contributed by atoms with Crippen LogP contribution in [0.4, 0.5) is 0 Å². The predicted molar refractivity (Wildman–Crippen MR) is 137 cm³/mol. The van der Waals surface area contributed by atoms with Crippen LogP contribution >= 0.6 is 0 Å². The number of hydrogen-bond donors (Lipinski definition) is 5. The lowest BCUT2D eigenvalue weighted by atomic mass is 9.99. The van der Waals surface area contributed by atoms with Gasteiger partial charge in [-0.05, 0) is 112 Å². The van der Waals surface area contributed by atoms with Crippen molar-refractivity contribution in [2.45, 2.75) is 38.8 Å². The summed E-state index contributed by atoms with van der Waals surface area (Å²) in [5.41, 5.74) is 22.3. The smallest absolute Gasteiger partial charge is 0.0234 e. The van der Waals surface area contributed by atoms with Gasteiger partial charge in [-0.3, -0.25) is 4.90 Å². The minimum atomic E-state index is 0.722. The molecule has 6 nitrogen and oxygen atoms in total. The minimum Gasteiger partial charge on any atom is -0.330 e. The summed E-state index contributed by atoms with van der Waals surface area (Å²) in [7, 11) is 0. The number of nitrogens with zero attached hydrogens (tertiary/aromatic N) is 1. The highest BCUT2D eigenvalue weighted by Gasteiger charge is 2.09. The van der Waals surface area contributed by atoms with E-state index in [0.717, 1.165) is 91.1 Å². The molecule has 0 aliphatic heterocycles. The Hall–Kier alpha value is -1.80. The third-order valence-corrected chi connectivity index (χ3v) is 5.52. The lowest BCUT2D eigenvalue weighted by Crippen LogP contribution is -2.28. The molecule has 0 heterocycles. The summed E-state index contributed by atoms with van der Waals surface area (Å²) in [6.45, 7) is 9.05. The van der Waals surface area contributed by atoms with E-state index in [1.165, 1.54) is 22.3 Å². The van der Waals surface area contributed by atoms with Gasteiger partial charge in [-0.25, -0.2) is 0 Å². The summed E-state index contributed by atoms with van der Waals surface area (Å²) < 4.78 is 0. The van der Waals surface area contributed by atoms with Gasteiger partial charge in [0.25, 0.3) is 0 Å². The van der Waals surface area contributed by atoms with Crippen LogP contribution in [-0.4, -0.2) is 57.3 Å². The Balaban J connectivity index is 2.03. The van der Waals surface area contributed by atoms with E-state index in [-0.39, 0.29) is 0 Å². The summed E-state index contributed by atoms with van der Waals surface area (Å²) >= 11 is 0. The second-order valence-corrected chi connectivity index (χ2v) is 8.39. The average Bonchev–Trinajstić information content (AvgIpc) is 2.83. The molecular formula is C26H44N6. The summed E-state index contributed by atoms with van der Waals surface area (Å²) in [5, 5.41) is 7.05. The van der Waals surface area contributed by atoms with Crippen molar-refractivity contribution in [3.63, 3.8) is 0 Å². The average molecular weight is 441 g/mol. The summed E-state index contributed by atoms with van der Waals surface area (Å²) in [4.78, 5) is 2.48. The molecule has 32 heavy (non-hydrogen) atoms. The molecule has 2 aromatic rings. The Morgan fingerprint density at radius 1 is 0.625 bits per heavy atom. The molecule has 0 bridgehead atoms. The van der Waals surface area contributed by atoms with Crippen LogP contribution in [0.25, 0.3) is 11.1 Å². The van der Waals surface area contributed by atoms with Gasteiger partial charge in [-0.2, -0.15) is 0 Å². The largest absolute Gasteiger partial charge is 0.330 e. The van der Waals surface area contributed by atoms with E-state index in [0.29, 0.717) is 0 Å². The second kappa shape index (κ2) is 16.8. The normalized spacial score (nSPS) is 11.4. The van der Waals surface area contributed by atoms with E-state index in [1.807, 2.05) is 0 Å². The number of rotatable bonds is 18. The van der Waals surface area contributed by atoms with E-state index in [9.17, 15) is 0 Å².